The number of cyclic esters (lactones) is 1. The van der Waals surface area contributed by atoms with Crippen molar-refractivity contribution in [3.8, 4) is 0 Å². The SMILES string of the molecule is CO[C@@H](C1CCCN1C(=O)OC(C)(C)C)[C@@H](C)C(=O)N1C(=O)OC[C@H]1c1ccccc1. The zero-order chi connectivity index (χ0) is 22.8. The van der Waals surface area contributed by atoms with Gasteiger partial charge in [-0.1, -0.05) is 37.3 Å². The van der Waals surface area contributed by atoms with Gasteiger partial charge in [-0.15, -0.1) is 0 Å². The highest BCUT2D eigenvalue weighted by Gasteiger charge is 2.46. The van der Waals surface area contributed by atoms with E-state index in [0.717, 1.165) is 12.0 Å². The van der Waals surface area contributed by atoms with E-state index >= 15 is 0 Å². The first-order chi connectivity index (χ1) is 14.6. The summed E-state index contributed by atoms with van der Waals surface area (Å²) in [5, 5.41) is 0. The van der Waals surface area contributed by atoms with Crippen molar-refractivity contribution in [2.45, 2.75) is 64.3 Å². The van der Waals surface area contributed by atoms with E-state index in [1.807, 2.05) is 51.1 Å². The summed E-state index contributed by atoms with van der Waals surface area (Å²) in [6, 6.07) is 8.54. The number of carbonyl (C=O) groups excluding carboxylic acids is 3. The molecule has 2 heterocycles. The van der Waals surface area contributed by atoms with E-state index in [1.165, 1.54) is 12.0 Å². The van der Waals surface area contributed by atoms with Gasteiger partial charge < -0.3 is 19.1 Å². The van der Waals surface area contributed by atoms with Crippen molar-refractivity contribution in [1.82, 2.24) is 9.80 Å². The molecule has 0 aliphatic carbocycles. The molecular formula is C23H32N2O6. The average molecular weight is 433 g/mol. The molecule has 3 rings (SSSR count). The zero-order valence-electron chi connectivity index (χ0n) is 18.9. The van der Waals surface area contributed by atoms with E-state index in [9.17, 15) is 14.4 Å². The van der Waals surface area contributed by atoms with Crippen LogP contribution in [-0.2, 0) is 19.0 Å². The quantitative estimate of drug-likeness (QED) is 0.704. The van der Waals surface area contributed by atoms with Crippen LogP contribution in [0.2, 0.25) is 0 Å². The topological polar surface area (TPSA) is 85.4 Å². The highest BCUT2D eigenvalue weighted by atomic mass is 16.6. The number of benzene rings is 1. The molecule has 0 radical (unpaired) electrons. The van der Waals surface area contributed by atoms with Crippen molar-refractivity contribution in [3.05, 3.63) is 35.9 Å². The number of hydrogen-bond acceptors (Lipinski definition) is 6. The predicted molar refractivity (Wildman–Crippen MR) is 113 cm³/mol. The molecule has 8 heteroatoms. The summed E-state index contributed by atoms with van der Waals surface area (Å²) < 4.78 is 16.5. The minimum atomic E-state index is -0.658. The van der Waals surface area contributed by atoms with E-state index in [0.29, 0.717) is 13.0 Å². The molecule has 1 aromatic carbocycles. The first-order valence-corrected chi connectivity index (χ1v) is 10.7. The molecule has 3 amide bonds. The maximum absolute atomic E-state index is 13.4. The van der Waals surface area contributed by atoms with Crippen molar-refractivity contribution in [1.29, 1.82) is 0 Å². The predicted octanol–water partition coefficient (Wildman–Crippen LogP) is 3.76. The third-order valence-electron chi connectivity index (χ3n) is 5.76. The summed E-state index contributed by atoms with van der Waals surface area (Å²) >= 11 is 0. The molecule has 8 nitrogen and oxygen atoms in total. The first kappa shape index (κ1) is 23.1. The molecule has 2 aliphatic rings. The van der Waals surface area contributed by atoms with Crippen LogP contribution in [0.4, 0.5) is 9.59 Å². The average Bonchev–Trinajstić information content (AvgIpc) is 3.34. The first-order valence-electron chi connectivity index (χ1n) is 10.7. The van der Waals surface area contributed by atoms with Gasteiger partial charge in [0.2, 0.25) is 5.91 Å². The maximum atomic E-state index is 13.4. The largest absolute Gasteiger partial charge is 0.446 e. The van der Waals surface area contributed by atoms with E-state index in [1.54, 1.807) is 11.8 Å². The second-order valence-corrected chi connectivity index (χ2v) is 9.08. The number of carbonyl (C=O) groups is 3. The Balaban J connectivity index is 1.79. The van der Waals surface area contributed by atoms with Gasteiger partial charge in [-0.2, -0.15) is 0 Å². The fourth-order valence-corrected chi connectivity index (χ4v) is 4.32. The Hall–Kier alpha value is -2.61. The number of hydrogen-bond donors (Lipinski definition) is 0. The van der Waals surface area contributed by atoms with Gasteiger partial charge in [-0.3, -0.25) is 4.79 Å². The van der Waals surface area contributed by atoms with Gasteiger partial charge in [0, 0.05) is 13.7 Å². The van der Waals surface area contributed by atoms with Crippen LogP contribution in [0.25, 0.3) is 0 Å². The molecule has 1 aromatic rings. The van der Waals surface area contributed by atoms with E-state index < -0.39 is 35.9 Å². The minimum Gasteiger partial charge on any atom is -0.446 e. The van der Waals surface area contributed by atoms with Gasteiger partial charge in [0.05, 0.1) is 18.1 Å². The molecule has 0 saturated carbocycles. The van der Waals surface area contributed by atoms with Gasteiger partial charge in [-0.25, -0.2) is 14.5 Å². The molecule has 4 atom stereocenters. The highest BCUT2D eigenvalue weighted by Crippen LogP contribution is 2.33. The van der Waals surface area contributed by atoms with E-state index in [2.05, 4.69) is 0 Å². The monoisotopic (exact) mass is 432 g/mol. The van der Waals surface area contributed by atoms with Crippen LogP contribution >= 0.6 is 0 Å². The van der Waals surface area contributed by atoms with E-state index in [4.69, 9.17) is 14.2 Å². The second-order valence-electron chi connectivity index (χ2n) is 9.08. The van der Waals surface area contributed by atoms with Crippen molar-refractivity contribution in [3.63, 3.8) is 0 Å². The summed E-state index contributed by atoms with van der Waals surface area (Å²) in [6.07, 6.45) is -0.159. The Morgan fingerprint density at radius 3 is 2.48 bits per heavy atom. The lowest BCUT2D eigenvalue weighted by atomic mass is 9.93. The third-order valence-corrected chi connectivity index (χ3v) is 5.76. The molecule has 2 aliphatic heterocycles. The molecule has 170 valence electrons. The molecule has 0 aromatic heterocycles. The summed E-state index contributed by atoms with van der Waals surface area (Å²) in [5.41, 5.74) is 0.218. The van der Waals surface area contributed by atoms with Crippen molar-refractivity contribution < 1.29 is 28.6 Å². The van der Waals surface area contributed by atoms with Crippen LogP contribution < -0.4 is 0 Å². The molecule has 2 saturated heterocycles. The molecule has 1 unspecified atom stereocenters. The Bertz CT molecular complexity index is 806. The summed E-state index contributed by atoms with van der Waals surface area (Å²) in [4.78, 5) is 41.4. The molecular weight excluding hydrogens is 400 g/mol. The Morgan fingerprint density at radius 1 is 1.19 bits per heavy atom. The Labute approximate surface area is 183 Å². The number of methoxy groups -OCH3 is 1. The zero-order valence-corrected chi connectivity index (χ0v) is 18.9. The van der Waals surface area contributed by atoms with Crippen LogP contribution in [0, 0.1) is 5.92 Å². The highest BCUT2D eigenvalue weighted by molar-refractivity contribution is 5.95. The van der Waals surface area contributed by atoms with Gasteiger partial charge in [0.1, 0.15) is 18.2 Å². The fraction of sp³-hybridized carbons (Fsp3) is 0.609. The number of ether oxygens (including phenoxy) is 3. The van der Waals surface area contributed by atoms with Crippen molar-refractivity contribution in [2.75, 3.05) is 20.3 Å². The van der Waals surface area contributed by atoms with Gasteiger partial charge in [0.25, 0.3) is 0 Å². The normalized spacial score (nSPS) is 23.5. The van der Waals surface area contributed by atoms with Crippen LogP contribution in [-0.4, -0.2) is 65.9 Å². The molecule has 0 spiro atoms. The molecule has 31 heavy (non-hydrogen) atoms. The van der Waals surface area contributed by atoms with Gasteiger partial charge in [-0.05, 0) is 39.2 Å². The number of nitrogens with zero attached hydrogens (tertiary/aromatic N) is 2. The van der Waals surface area contributed by atoms with Gasteiger partial charge in [0.15, 0.2) is 0 Å². The maximum Gasteiger partial charge on any atom is 0.417 e. The standard InChI is InChI=1S/C23H32N2O6/c1-15(19(29-5)17-12-9-13-24(17)21(27)31-23(2,3)4)20(26)25-18(14-30-22(25)28)16-10-7-6-8-11-16/h6-8,10-11,15,17-19H,9,12-14H2,1-5H3/t15-,17?,18+,19-/m1/s1. The lowest BCUT2D eigenvalue weighted by Gasteiger charge is -2.35. The number of likely N-dealkylation sites (tertiary alicyclic amines) is 1. The van der Waals surface area contributed by atoms with E-state index in [-0.39, 0.29) is 18.6 Å². The number of rotatable bonds is 5. The summed E-state index contributed by atoms with van der Waals surface area (Å²) in [5.74, 6) is -1.03. The van der Waals surface area contributed by atoms with Crippen molar-refractivity contribution in [2.24, 2.45) is 5.92 Å². The fourth-order valence-electron chi connectivity index (χ4n) is 4.32. The van der Waals surface area contributed by atoms with Crippen LogP contribution in [0.1, 0.15) is 52.1 Å². The van der Waals surface area contributed by atoms with Crippen LogP contribution in [0.5, 0.6) is 0 Å². The number of amides is 3. The second kappa shape index (κ2) is 9.26. The van der Waals surface area contributed by atoms with Crippen molar-refractivity contribution >= 4 is 18.1 Å². The lowest BCUT2D eigenvalue weighted by molar-refractivity contribution is -0.139. The van der Waals surface area contributed by atoms with Crippen LogP contribution in [0.15, 0.2) is 30.3 Å². The molecule has 0 bridgehead atoms. The van der Waals surface area contributed by atoms with Crippen LogP contribution in [0.3, 0.4) is 0 Å². The Morgan fingerprint density at radius 2 is 1.87 bits per heavy atom. The smallest absolute Gasteiger partial charge is 0.417 e. The summed E-state index contributed by atoms with van der Waals surface area (Å²) in [6.45, 7) is 7.84. The number of imide groups is 1. The Kier molecular flexibility index (Phi) is 6.89. The third kappa shape index (κ3) is 5.01. The van der Waals surface area contributed by atoms with Gasteiger partial charge >= 0.3 is 12.2 Å². The lowest BCUT2D eigenvalue weighted by Crippen LogP contribution is -2.51. The molecule has 0 N–H and O–H groups in total. The minimum absolute atomic E-state index is 0.117. The summed E-state index contributed by atoms with van der Waals surface area (Å²) in [7, 11) is 1.52. The molecule has 2 fully saturated rings.